The zero-order valence-corrected chi connectivity index (χ0v) is 11.8. The summed E-state index contributed by atoms with van der Waals surface area (Å²) < 4.78 is 5.73. The molecule has 2 rings (SSSR count). The molecule has 1 aliphatic heterocycles. The van der Waals surface area contributed by atoms with Crippen molar-refractivity contribution in [1.82, 2.24) is 5.32 Å². The fraction of sp³-hybridized carbons (Fsp3) is 0.625. The average molecular weight is 263 g/mol. The summed E-state index contributed by atoms with van der Waals surface area (Å²) in [5.74, 6) is 0.854. The lowest BCUT2D eigenvalue weighted by Crippen LogP contribution is -2.45. The van der Waals surface area contributed by atoms with Crippen molar-refractivity contribution in [3.05, 3.63) is 29.8 Å². The first kappa shape index (κ1) is 14.4. The third-order valence-electron chi connectivity index (χ3n) is 3.78. The zero-order valence-electron chi connectivity index (χ0n) is 11.8. The number of nitrogens with one attached hydrogen (secondary N) is 1. The minimum absolute atomic E-state index is 0.392. The van der Waals surface area contributed by atoms with Crippen molar-refractivity contribution in [2.45, 2.75) is 44.6 Å². The van der Waals surface area contributed by atoms with Gasteiger partial charge in [-0.05, 0) is 56.5 Å². The molecular formula is C16H25NO2. The molecule has 0 aromatic heterocycles. The summed E-state index contributed by atoms with van der Waals surface area (Å²) >= 11 is 0. The van der Waals surface area contributed by atoms with Crippen LogP contribution in [0.2, 0.25) is 0 Å². The highest BCUT2D eigenvalue weighted by Crippen LogP contribution is 2.21. The van der Waals surface area contributed by atoms with Gasteiger partial charge in [-0.3, -0.25) is 0 Å². The van der Waals surface area contributed by atoms with Crippen LogP contribution in [0, 0.1) is 0 Å². The molecule has 3 nitrogen and oxygen atoms in total. The molecule has 1 fully saturated rings. The van der Waals surface area contributed by atoms with Crippen molar-refractivity contribution >= 4 is 0 Å². The molecule has 106 valence electrons. The fourth-order valence-corrected chi connectivity index (χ4v) is 2.39. The summed E-state index contributed by atoms with van der Waals surface area (Å²) in [5, 5.41) is 13.6. The van der Waals surface area contributed by atoms with Crippen LogP contribution in [0.3, 0.4) is 0 Å². The number of aryl methyl sites for hydroxylation is 1. The largest absolute Gasteiger partial charge is 0.491 e. The number of rotatable bonds is 6. The van der Waals surface area contributed by atoms with Crippen LogP contribution < -0.4 is 10.1 Å². The van der Waals surface area contributed by atoms with Crippen LogP contribution in [0.4, 0.5) is 0 Å². The van der Waals surface area contributed by atoms with Crippen LogP contribution in [-0.2, 0) is 6.42 Å². The maximum atomic E-state index is 10.3. The SMILES string of the molecule is CCCCc1ccc(OCC2(O)CCNCC2)cc1. The topological polar surface area (TPSA) is 41.5 Å². The Morgan fingerprint density at radius 1 is 1.21 bits per heavy atom. The second-order valence-corrected chi connectivity index (χ2v) is 5.51. The molecule has 1 heterocycles. The van der Waals surface area contributed by atoms with E-state index < -0.39 is 5.60 Å². The molecule has 0 radical (unpaired) electrons. The predicted octanol–water partition coefficient (Wildman–Crippen LogP) is 2.52. The molecule has 19 heavy (non-hydrogen) atoms. The molecule has 1 saturated heterocycles. The Balaban J connectivity index is 1.82. The molecule has 1 aliphatic rings. The number of aliphatic hydroxyl groups is 1. The molecule has 0 saturated carbocycles. The van der Waals surface area contributed by atoms with Gasteiger partial charge in [-0.1, -0.05) is 25.5 Å². The first-order valence-electron chi connectivity index (χ1n) is 7.37. The number of piperidine rings is 1. The first-order chi connectivity index (χ1) is 9.22. The van der Waals surface area contributed by atoms with Crippen molar-refractivity contribution < 1.29 is 9.84 Å². The minimum Gasteiger partial charge on any atom is -0.491 e. The second-order valence-electron chi connectivity index (χ2n) is 5.51. The Morgan fingerprint density at radius 3 is 2.53 bits per heavy atom. The predicted molar refractivity (Wildman–Crippen MR) is 77.6 cm³/mol. The number of ether oxygens (including phenoxy) is 1. The molecule has 0 spiro atoms. The second kappa shape index (κ2) is 6.92. The molecule has 2 N–H and O–H groups in total. The van der Waals surface area contributed by atoms with E-state index in [0.717, 1.165) is 38.1 Å². The Hall–Kier alpha value is -1.06. The van der Waals surface area contributed by atoms with Gasteiger partial charge >= 0.3 is 0 Å². The summed E-state index contributed by atoms with van der Waals surface area (Å²) in [6, 6.07) is 8.26. The van der Waals surface area contributed by atoms with Crippen molar-refractivity contribution in [3.8, 4) is 5.75 Å². The fourth-order valence-electron chi connectivity index (χ4n) is 2.39. The van der Waals surface area contributed by atoms with E-state index in [-0.39, 0.29) is 0 Å². The normalized spacial score (nSPS) is 18.2. The molecule has 1 aromatic rings. The number of hydrogen-bond donors (Lipinski definition) is 2. The molecule has 1 aromatic carbocycles. The van der Waals surface area contributed by atoms with Gasteiger partial charge in [0.15, 0.2) is 0 Å². The van der Waals surface area contributed by atoms with E-state index in [1.807, 2.05) is 12.1 Å². The van der Waals surface area contributed by atoms with Crippen LogP contribution in [0.25, 0.3) is 0 Å². The lowest BCUT2D eigenvalue weighted by molar-refractivity contribution is -0.0286. The van der Waals surface area contributed by atoms with E-state index in [1.54, 1.807) is 0 Å². The van der Waals surface area contributed by atoms with Gasteiger partial charge in [0.1, 0.15) is 18.0 Å². The monoisotopic (exact) mass is 263 g/mol. The van der Waals surface area contributed by atoms with Crippen LogP contribution in [-0.4, -0.2) is 30.4 Å². The highest BCUT2D eigenvalue weighted by Gasteiger charge is 2.29. The smallest absolute Gasteiger partial charge is 0.119 e. The number of benzene rings is 1. The first-order valence-corrected chi connectivity index (χ1v) is 7.37. The lowest BCUT2D eigenvalue weighted by atomic mass is 9.93. The summed E-state index contributed by atoms with van der Waals surface area (Å²) in [7, 11) is 0. The van der Waals surface area contributed by atoms with Crippen molar-refractivity contribution in [2.75, 3.05) is 19.7 Å². The third kappa shape index (κ3) is 4.51. The van der Waals surface area contributed by atoms with Crippen LogP contribution in [0.15, 0.2) is 24.3 Å². The van der Waals surface area contributed by atoms with Crippen molar-refractivity contribution in [2.24, 2.45) is 0 Å². The highest BCUT2D eigenvalue weighted by molar-refractivity contribution is 5.27. The van der Waals surface area contributed by atoms with Gasteiger partial charge in [0.2, 0.25) is 0 Å². The summed E-state index contributed by atoms with van der Waals surface area (Å²) in [5.41, 5.74) is 0.696. The standard InChI is InChI=1S/C16H25NO2/c1-2-3-4-14-5-7-15(8-6-14)19-13-16(18)9-11-17-12-10-16/h5-8,17-18H,2-4,9-13H2,1H3. The Bertz CT molecular complexity index is 369. The van der Waals surface area contributed by atoms with Gasteiger partial charge in [-0.25, -0.2) is 0 Å². The van der Waals surface area contributed by atoms with E-state index in [0.29, 0.717) is 6.61 Å². The Kier molecular flexibility index (Phi) is 5.23. The minimum atomic E-state index is -0.661. The molecule has 0 unspecified atom stereocenters. The van der Waals surface area contributed by atoms with Gasteiger partial charge in [-0.15, -0.1) is 0 Å². The number of unbranched alkanes of at least 4 members (excludes halogenated alkanes) is 1. The Labute approximate surface area is 116 Å². The molecule has 0 atom stereocenters. The molecule has 0 amide bonds. The van der Waals surface area contributed by atoms with Gasteiger partial charge in [0.25, 0.3) is 0 Å². The maximum Gasteiger partial charge on any atom is 0.119 e. The van der Waals surface area contributed by atoms with Crippen molar-refractivity contribution in [1.29, 1.82) is 0 Å². The summed E-state index contributed by atoms with van der Waals surface area (Å²) in [6.07, 6.45) is 5.11. The van der Waals surface area contributed by atoms with Crippen LogP contribution >= 0.6 is 0 Å². The molecular weight excluding hydrogens is 238 g/mol. The quantitative estimate of drug-likeness (QED) is 0.828. The van der Waals surface area contributed by atoms with Gasteiger partial charge in [0.05, 0.1) is 0 Å². The molecule has 0 aliphatic carbocycles. The highest BCUT2D eigenvalue weighted by atomic mass is 16.5. The Morgan fingerprint density at radius 2 is 1.89 bits per heavy atom. The van der Waals surface area contributed by atoms with Gasteiger partial charge < -0.3 is 15.2 Å². The number of hydrogen-bond acceptors (Lipinski definition) is 3. The zero-order chi connectivity index (χ0) is 13.6. The maximum absolute atomic E-state index is 10.3. The van der Waals surface area contributed by atoms with E-state index >= 15 is 0 Å². The summed E-state index contributed by atoms with van der Waals surface area (Å²) in [6.45, 7) is 4.34. The molecule has 3 heteroatoms. The lowest BCUT2D eigenvalue weighted by Gasteiger charge is -2.32. The van der Waals surface area contributed by atoms with E-state index in [9.17, 15) is 5.11 Å². The van der Waals surface area contributed by atoms with E-state index in [2.05, 4.69) is 24.4 Å². The van der Waals surface area contributed by atoms with E-state index in [1.165, 1.54) is 18.4 Å². The van der Waals surface area contributed by atoms with Gasteiger partial charge in [-0.2, -0.15) is 0 Å². The van der Waals surface area contributed by atoms with Crippen LogP contribution in [0.5, 0.6) is 5.75 Å². The third-order valence-corrected chi connectivity index (χ3v) is 3.78. The van der Waals surface area contributed by atoms with Gasteiger partial charge in [0, 0.05) is 0 Å². The molecule has 0 bridgehead atoms. The average Bonchev–Trinajstić information content (AvgIpc) is 2.45. The summed E-state index contributed by atoms with van der Waals surface area (Å²) in [4.78, 5) is 0. The van der Waals surface area contributed by atoms with Crippen LogP contribution in [0.1, 0.15) is 38.2 Å². The van der Waals surface area contributed by atoms with Crippen molar-refractivity contribution in [3.63, 3.8) is 0 Å². The van der Waals surface area contributed by atoms with E-state index in [4.69, 9.17) is 4.74 Å².